The molecule has 4 aromatic rings. The molecule has 1 saturated heterocycles. The van der Waals surface area contributed by atoms with Crippen LogP contribution in [0.25, 0.3) is 10.9 Å². The van der Waals surface area contributed by atoms with Gasteiger partial charge >= 0.3 is 6.03 Å². The Kier molecular flexibility index (Phi) is 6.93. The highest BCUT2D eigenvalue weighted by Gasteiger charge is 2.17. The fourth-order valence-corrected chi connectivity index (χ4v) is 4.33. The van der Waals surface area contributed by atoms with Gasteiger partial charge in [-0.05, 0) is 60.6 Å². The van der Waals surface area contributed by atoms with Gasteiger partial charge < -0.3 is 30.6 Å². The number of aromatic nitrogens is 3. The van der Waals surface area contributed by atoms with E-state index in [0.29, 0.717) is 29.5 Å². The van der Waals surface area contributed by atoms with Gasteiger partial charge in [0.05, 0.1) is 7.11 Å². The summed E-state index contributed by atoms with van der Waals surface area (Å²) in [6.45, 7) is 2.25. The Hall–Kier alpha value is -4.21. The number of benzene rings is 2. The lowest BCUT2D eigenvalue weighted by Gasteiger charge is -2.16. The minimum absolute atomic E-state index is 0.0748. The third-order valence-corrected chi connectivity index (χ3v) is 6.24. The molecule has 1 aliphatic heterocycles. The van der Waals surface area contributed by atoms with Crippen molar-refractivity contribution in [1.82, 2.24) is 19.9 Å². The molecule has 0 spiro atoms. The van der Waals surface area contributed by atoms with E-state index < -0.39 is 0 Å². The van der Waals surface area contributed by atoms with Gasteiger partial charge in [-0.15, -0.1) is 0 Å². The molecule has 0 atom stereocenters. The fraction of sp³-hybridized carbons (Fsp3) is 0.269. The zero-order chi connectivity index (χ0) is 24.9. The summed E-state index contributed by atoms with van der Waals surface area (Å²) in [4.78, 5) is 26.4. The zero-order valence-corrected chi connectivity index (χ0v) is 20.2. The molecule has 0 bridgehead atoms. The first-order valence-corrected chi connectivity index (χ1v) is 12.0. The van der Waals surface area contributed by atoms with Gasteiger partial charge in [0.1, 0.15) is 19.4 Å². The van der Waals surface area contributed by atoms with Gasteiger partial charge in [0, 0.05) is 60.4 Å². The number of methoxy groups -OCH3 is 1. The molecular formula is C26H28BN7O2. The number of urea groups is 1. The van der Waals surface area contributed by atoms with E-state index in [1.807, 2.05) is 47.5 Å². The number of fused-ring (bicyclic) bond motifs is 1. The van der Waals surface area contributed by atoms with Crippen LogP contribution in [0.1, 0.15) is 18.4 Å². The molecule has 0 aliphatic carbocycles. The topological polar surface area (TPSA) is 107 Å². The fourth-order valence-electron chi connectivity index (χ4n) is 4.33. The Morgan fingerprint density at radius 2 is 2.00 bits per heavy atom. The normalized spacial score (nSPS) is 13.1. The van der Waals surface area contributed by atoms with Crippen molar-refractivity contribution in [2.24, 2.45) is 0 Å². The number of H-pyrrole nitrogens is 1. The van der Waals surface area contributed by atoms with Crippen molar-refractivity contribution in [3.63, 3.8) is 0 Å². The van der Waals surface area contributed by atoms with Crippen LogP contribution in [0, 0.1) is 0 Å². The summed E-state index contributed by atoms with van der Waals surface area (Å²) >= 11 is 0. The van der Waals surface area contributed by atoms with E-state index >= 15 is 0 Å². The molecule has 0 saturated carbocycles. The standard InChI is InChI=1S/C26H28BN7O2/c1-36-20-7-8-21-17(15-29-23(21)14-20)9-10-28-24-22(27)16-30-25(33-24)31-18-5-4-6-19(13-18)32-26(35)34-11-2-3-12-34/h4-8,13-16,29H,2-3,9-12H2,1H3,(H,32,35)(H2,28,30,31,33). The molecule has 2 radical (unpaired) electrons. The lowest BCUT2D eigenvalue weighted by atomic mass is 9.99. The third-order valence-electron chi connectivity index (χ3n) is 6.24. The van der Waals surface area contributed by atoms with Crippen LogP contribution in [0.3, 0.4) is 0 Å². The number of nitrogens with zero attached hydrogens (tertiary/aromatic N) is 3. The molecule has 3 heterocycles. The minimum atomic E-state index is -0.0748. The summed E-state index contributed by atoms with van der Waals surface area (Å²) in [7, 11) is 7.78. The number of carbonyl (C=O) groups excluding carboxylic acids is 1. The Balaban J connectivity index is 1.21. The molecule has 0 unspecified atom stereocenters. The average Bonchev–Trinajstić information content (AvgIpc) is 3.56. The lowest BCUT2D eigenvalue weighted by Crippen LogP contribution is -2.32. The van der Waals surface area contributed by atoms with E-state index in [-0.39, 0.29) is 6.03 Å². The SMILES string of the molecule is [B]c1cnc(Nc2cccc(NC(=O)N3CCCC3)c2)nc1NCCc1c[nH]c2cc(OC)ccc12. The van der Waals surface area contributed by atoms with E-state index in [9.17, 15) is 4.79 Å². The highest BCUT2D eigenvalue weighted by Crippen LogP contribution is 2.24. The van der Waals surface area contributed by atoms with Gasteiger partial charge in [0.15, 0.2) is 0 Å². The molecule has 36 heavy (non-hydrogen) atoms. The van der Waals surface area contributed by atoms with Gasteiger partial charge in [0.25, 0.3) is 0 Å². The molecule has 2 aromatic carbocycles. The van der Waals surface area contributed by atoms with Crippen LogP contribution in [0.15, 0.2) is 54.9 Å². The Bertz CT molecular complexity index is 1370. The zero-order valence-electron chi connectivity index (χ0n) is 20.2. The van der Waals surface area contributed by atoms with E-state index in [2.05, 4.69) is 37.0 Å². The summed E-state index contributed by atoms with van der Waals surface area (Å²) in [6.07, 6.45) is 6.48. The maximum Gasteiger partial charge on any atom is 0.321 e. The molecule has 9 nitrogen and oxygen atoms in total. The summed E-state index contributed by atoms with van der Waals surface area (Å²) in [6, 6.07) is 13.4. The molecule has 1 fully saturated rings. The Labute approximate surface area is 211 Å². The number of carbonyl (C=O) groups is 1. The summed E-state index contributed by atoms with van der Waals surface area (Å²) in [5.41, 5.74) is 4.17. The Morgan fingerprint density at radius 1 is 1.17 bits per heavy atom. The van der Waals surface area contributed by atoms with Crippen molar-refractivity contribution < 1.29 is 9.53 Å². The molecular weight excluding hydrogens is 453 g/mol. The second-order valence-electron chi connectivity index (χ2n) is 8.73. The van der Waals surface area contributed by atoms with Gasteiger partial charge in [-0.25, -0.2) is 9.78 Å². The predicted octanol–water partition coefficient (Wildman–Crippen LogP) is 3.79. The predicted molar refractivity (Wildman–Crippen MR) is 144 cm³/mol. The van der Waals surface area contributed by atoms with Gasteiger partial charge in [-0.3, -0.25) is 0 Å². The van der Waals surface area contributed by atoms with Crippen LogP contribution >= 0.6 is 0 Å². The van der Waals surface area contributed by atoms with Crippen molar-refractivity contribution in [3.05, 3.63) is 60.4 Å². The first-order valence-electron chi connectivity index (χ1n) is 12.0. The van der Waals surface area contributed by atoms with Gasteiger partial charge in [-0.1, -0.05) is 6.07 Å². The van der Waals surface area contributed by atoms with Crippen molar-refractivity contribution in [2.45, 2.75) is 19.3 Å². The molecule has 1 aliphatic rings. The smallest absolute Gasteiger partial charge is 0.321 e. The lowest BCUT2D eigenvalue weighted by molar-refractivity contribution is 0.222. The number of likely N-dealkylation sites (tertiary alicyclic amines) is 1. The quantitative estimate of drug-likeness (QED) is 0.286. The number of hydrogen-bond acceptors (Lipinski definition) is 6. The molecule has 4 N–H and O–H groups in total. The molecule has 10 heteroatoms. The summed E-state index contributed by atoms with van der Waals surface area (Å²) in [5, 5.41) is 10.6. The van der Waals surface area contributed by atoms with E-state index in [0.717, 1.165) is 54.7 Å². The number of hydrogen-bond donors (Lipinski definition) is 4. The minimum Gasteiger partial charge on any atom is -0.497 e. The van der Waals surface area contributed by atoms with Crippen molar-refractivity contribution in [1.29, 1.82) is 0 Å². The first kappa shape index (κ1) is 23.5. The van der Waals surface area contributed by atoms with Crippen molar-refractivity contribution >= 4 is 53.4 Å². The number of aromatic amines is 1. The van der Waals surface area contributed by atoms with E-state index in [1.165, 1.54) is 5.56 Å². The second-order valence-corrected chi connectivity index (χ2v) is 8.73. The molecule has 2 amide bonds. The average molecular weight is 481 g/mol. The maximum atomic E-state index is 12.4. The highest BCUT2D eigenvalue weighted by atomic mass is 16.5. The van der Waals surface area contributed by atoms with E-state index in [4.69, 9.17) is 12.6 Å². The van der Waals surface area contributed by atoms with Crippen LogP contribution in [0.4, 0.5) is 27.9 Å². The van der Waals surface area contributed by atoms with Crippen LogP contribution < -0.4 is 26.2 Å². The highest BCUT2D eigenvalue weighted by molar-refractivity contribution is 6.35. The van der Waals surface area contributed by atoms with Crippen molar-refractivity contribution in [2.75, 3.05) is 42.7 Å². The Morgan fingerprint density at radius 3 is 2.83 bits per heavy atom. The number of nitrogens with one attached hydrogen (secondary N) is 4. The maximum absolute atomic E-state index is 12.4. The second kappa shape index (κ2) is 10.6. The van der Waals surface area contributed by atoms with Gasteiger partial charge in [0.2, 0.25) is 5.95 Å². The third kappa shape index (κ3) is 5.38. The molecule has 2 aromatic heterocycles. The van der Waals surface area contributed by atoms with Crippen LogP contribution in [0.2, 0.25) is 0 Å². The summed E-state index contributed by atoms with van der Waals surface area (Å²) in [5.74, 6) is 1.80. The van der Waals surface area contributed by atoms with Crippen molar-refractivity contribution in [3.8, 4) is 5.75 Å². The van der Waals surface area contributed by atoms with Crippen LogP contribution in [-0.2, 0) is 6.42 Å². The molecule has 182 valence electrons. The monoisotopic (exact) mass is 481 g/mol. The largest absolute Gasteiger partial charge is 0.497 e. The molecule has 5 rings (SSSR count). The van der Waals surface area contributed by atoms with Crippen LogP contribution in [0.5, 0.6) is 5.75 Å². The number of ether oxygens (including phenoxy) is 1. The number of rotatable bonds is 8. The number of amides is 2. The summed E-state index contributed by atoms with van der Waals surface area (Å²) < 4.78 is 5.30. The van der Waals surface area contributed by atoms with E-state index in [1.54, 1.807) is 13.3 Å². The van der Waals surface area contributed by atoms with Gasteiger partial charge in [-0.2, -0.15) is 4.98 Å². The first-order chi connectivity index (χ1) is 17.6. The van der Waals surface area contributed by atoms with Crippen LogP contribution in [-0.4, -0.2) is 60.5 Å². The number of anilines is 4.